The van der Waals surface area contributed by atoms with Crippen molar-refractivity contribution in [2.75, 3.05) is 0 Å². The Hall–Kier alpha value is -3.40. The van der Waals surface area contributed by atoms with Crippen molar-refractivity contribution in [1.29, 1.82) is 5.26 Å². The summed E-state index contributed by atoms with van der Waals surface area (Å²) in [6, 6.07) is 11.7. The van der Waals surface area contributed by atoms with Gasteiger partial charge >= 0.3 is 5.97 Å². The second-order valence-corrected chi connectivity index (χ2v) is 4.33. The van der Waals surface area contributed by atoms with Crippen molar-refractivity contribution in [1.82, 2.24) is 9.97 Å². The Morgan fingerprint density at radius 1 is 1.27 bits per heavy atom. The SMILES string of the molecule is N#Cc1ccccc1OCc1nc2ccc(C(=O)O)nc2o1. The molecule has 0 aliphatic heterocycles. The van der Waals surface area contributed by atoms with E-state index in [4.69, 9.17) is 19.5 Å². The van der Waals surface area contributed by atoms with Gasteiger partial charge in [-0.15, -0.1) is 0 Å². The summed E-state index contributed by atoms with van der Waals surface area (Å²) in [6.07, 6.45) is 0. The molecule has 2 heterocycles. The molecule has 1 N–H and O–H groups in total. The van der Waals surface area contributed by atoms with Crippen LogP contribution < -0.4 is 4.74 Å². The zero-order valence-electron chi connectivity index (χ0n) is 11.2. The largest absolute Gasteiger partial charge is 0.482 e. The van der Waals surface area contributed by atoms with Crippen LogP contribution in [0.15, 0.2) is 40.8 Å². The molecule has 1 aromatic carbocycles. The third-order valence-corrected chi connectivity index (χ3v) is 2.88. The number of nitrogens with zero attached hydrogens (tertiary/aromatic N) is 3. The van der Waals surface area contributed by atoms with Crippen LogP contribution in [-0.2, 0) is 6.61 Å². The van der Waals surface area contributed by atoms with Gasteiger partial charge in [0.15, 0.2) is 12.3 Å². The average molecular weight is 295 g/mol. The van der Waals surface area contributed by atoms with Crippen molar-refractivity contribution in [2.24, 2.45) is 0 Å². The van der Waals surface area contributed by atoms with Crippen molar-refractivity contribution >= 4 is 17.2 Å². The van der Waals surface area contributed by atoms with E-state index < -0.39 is 5.97 Å². The minimum Gasteiger partial charge on any atom is -0.482 e. The third kappa shape index (κ3) is 2.58. The van der Waals surface area contributed by atoms with E-state index in [1.165, 1.54) is 12.1 Å². The van der Waals surface area contributed by atoms with Gasteiger partial charge in [0.2, 0.25) is 11.6 Å². The summed E-state index contributed by atoms with van der Waals surface area (Å²) in [5.41, 5.74) is 0.861. The minimum atomic E-state index is -1.14. The molecule has 0 amide bonds. The Balaban J connectivity index is 1.82. The summed E-state index contributed by atoms with van der Waals surface area (Å²) < 4.78 is 10.9. The Morgan fingerprint density at radius 2 is 2.09 bits per heavy atom. The van der Waals surface area contributed by atoms with Gasteiger partial charge in [-0.2, -0.15) is 5.26 Å². The van der Waals surface area contributed by atoms with Gasteiger partial charge in [-0.05, 0) is 24.3 Å². The van der Waals surface area contributed by atoms with Gasteiger partial charge < -0.3 is 14.3 Å². The maximum atomic E-state index is 10.9. The molecule has 0 saturated carbocycles. The molecule has 0 bridgehead atoms. The Labute approximate surface area is 124 Å². The fourth-order valence-corrected chi connectivity index (χ4v) is 1.87. The lowest BCUT2D eigenvalue weighted by atomic mass is 10.2. The predicted molar refractivity (Wildman–Crippen MR) is 74.3 cm³/mol. The Kier molecular flexibility index (Phi) is 3.42. The second kappa shape index (κ2) is 5.54. The van der Waals surface area contributed by atoms with Gasteiger partial charge in [-0.3, -0.25) is 0 Å². The lowest BCUT2D eigenvalue weighted by Gasteiger charge is -2.04. The predicted octanol–water partition coefficient (Wildman–Crippen LogP) is 2.37. The maximum absolute atomic E-state index is 10.9. The van der Waals surface area contributed by atoms with Crippen molar-refractivity contribution in [3.63, 3.8) is 0 Å². The molecule has 0 atom stereocenters. The molecule has 3 aromatic rings. The van der Waals surface area contributed by atoms with Crippen LogP contribution in [0.25, 0.3) is 11.2 Å². The molecule has 0 saturated heterocycles. The number of nitriles is 1. The fourth-order valence-electron chi connectivity index (χ4n) is 1.87. The minimum absolute atomic E-state index is 0.0114. The molecule has 0 fully saturated rings. The fraction of sp³-hybridized carbons (Fsp3) is 0.0667. The number of benzene rings is 1. The first-order valence-corrected chi connectivity index (χ1v) is 6.29. The van der Waals surface area contributed by atoms with Crippen LogP contribution in [0, 0.1) is 11.3 Å². The Bertz CT molecular complexity index is 895. The molecular formula is C15H9N3O4. The summed E-state index contributed by atoms with van der Waals surface area (Å²) in [5.74, 6) is -0.469. The lowest BCUT2D eigenvalue weighted by Crippen LogP contribution is -1.98. The normalized spacial score (nSPS) is 10.3. The topological polar surface area (TPSA) is 109 Å². The molecule has 7 heteroatoms. The van der Waals surface area contributed by atoms with E-state index in [2.05, 4.69) is 9.97 Å². The average Bonchev–Trinajstić information content (AvgIpc) is 2.95. The first kappa shape index (κ1) is 13.6. The number of carbonyl (C=O) groups is 1. The summed E-state index contributed by atoms with van der Waals surface area (Å²) in [7, 11) is 0. The highest BCUT2D eigenvalue weighted by molar-refractivity contribution is 5.87. The molecule has 3 rings (SSSR count). The summed E-state index contributed by atoms with van der Waals surface area (Å²) in [5, 5.41) is 17.9. The summed E-state index contributed by atoms with van der Waals surface area (Å²) >= 11 is 0. The highest BCUT2D eigenvalue weighted by atomic mass is 16.5. The number of hydrogen-bond acceptors (Lipinski definition) is 6. The zero-order valence-corrected chi connectivity index (χ0v) is 11.2. The molecule has 7 nitrogen and oxygen atoms in total. The van der Waals surface area contributed by atoms with E-state index in [1.54, 1.807) is 24.3 Å². The number of carboxylic acids is 1. The van der Waals surface area contributed by atoms with Gasteiger partial charge in [-0.25, -0.2) is 14.8 Å². The van der Waals surface area contributed by atoms with Crippen molar-refractivity contribution in [2.45, 2.75) is 6.61 Å². The number of oxazole rings is 1. The molecule has 0 spiro atoms. The van der Waals surface area contributed by atoms with E-state index >= 15 is 0 Å². The van der Waals surface area contributed by atoms with E-state index in [-0.39, 0.29) is 23.9 Å². The molecule has 108 valence electrons. The number of pyridine rings is 1. The van der Waals surface area contributed by atoms with Gasteiger partial charge in [0.25, 0.3) is 0 Å². The molecule has 0 unspecified atom stereocenters. The van der Waals surface area contributed by atoms with Crippen LogP contribution >= 0.6 is 0 Å². The zero-order chi connectivity index (χ0) is 15.5. The van der Waals surface area contributed by atoms with Gasteiger partial charge in [0, 0.05) is 0 Å². The van der Waals surface area contributed by atoms with Crippen LogP contribution in [0.3, 0.4) is 0 Å². The first-order chi connectivity index (χ1) is 10.7. The number of para-hydroxylation sites is 1. The number of rotatable bonds is 4. The monoisotopic (exact) mass is 295 g/mol. The van der Waals surface area contributed by atoms with Gasteiger partial charge in [0.05, 0.1) is 5.56 Å². The molecule has 22 heavy (non-hydrogen) atoms. The quantitative estimate of drug-likeness (QED) is 0.786. The van der Waals surface area contributed by atoms with E-state index in [1.807, 2.05) is 6.07 Å². The molecule has 0 radical (unpaired) electrons. The van der Waals surface area contributed by atoms with E-state index in [0.29, 0.717) is 16.8 Å². The number of aromatic carboxylic acids is 1. The number of fused-ring (bicyclic) bond motifs is 1. The lowest BCUT2D eigenvalue weighted by molar-refractivity contribution is 0.0690. The van der Waals surface area contributed by atoms with Gasteiger partial charge in [0.1, 0.15) is 17.3 Å². The Morgan fingerprint density at radius 3 is 2.86 bits per heavy atom. The van der Waals surface area contributed by atoms with Crippen molar-refractivity contribution in [3.05, 3.63) is 53.5 Å². The summed E-state index contributed by atoms with van der Waals surface area (Å²) in [4.78, 5) is 18.9. The van der Waals surface area contributed by atoms with Crippen LogP contribution in [0.4, 0.5) is 0 Å². The first-order valence-electron chi connectivity index (χ1n) is 6.29. The van der Waals surface area contributed by atoms with Crippen LogP contribution in [0.5, 0.6) is 5.75 Å². The highest BCUT2D eigenvalue weighted by Gasteiger charge is 2.12. The van der Waals surface area contributed by atoms with Crippen LogP contribution in [0.2, 0.25) is 0 Å². The maximum Gasteiger partial charge on any atom is 0.354 e. The van der Waals surface area contributed by atoms with Gasteiger partial charge in [-0.1, -0.05) is 12.1 Å². The molecule has 0 aliphatic rings. The number of ether oxygens (including phenoxy) is 1. The number of hydrogen-bond donors (Lipinski definition) is 1. The smallest absolute Gasteiger partial charge is 0.354 e. The summed E-state index contributed by atoms with van der Waals surface area (Å²) in [6.45, 7) is 0.0114. The molecule has 2 aromatic heterocycles. The number of carboxylic acid groups (broad SMARTS) is 1. The van der Waals surface area contributed by atoms with Crippen LogP contribution in [0.1, 0.15) is 21.9 Å². The highest BCUT2D eigenvalue weighted by Crippen LogP contribution is 2.19. The standard InChI is InChI=1S/C15H9N3O4/c16-7-9-3-1-2-4-12(9)21-8-13-17-10-5-6-11(15(19)20)18-14(10)22-13/h1-6H,8H2,(H,19,20). The van der Waals surface area contributed by atoms with Crippen molar-refractivity contribution in [3.8, 4) is 11.8 Å². The van der Waals surface area contributed by atoms with E-state index in [9.17, 15) is 4.79 Å². The molecule has 0 aliphatic carbocycles. The third-order valence-electron chi connectivity index (χ3n) is 2.88. The second-order valence-electron chi connectivity index (χ2n) is 4.33. The van der Waals surface area contributed by atoms with E-state index in [0.717, 1.165) is 0 Å². The van der Waals surface area contributed by atoms with Crippen molar-refractivity contribution < 1.29 is 19.1 Å². The molecular weight excluding hydrogens is 286 g/mol. The number of aromatic nitrogens is 2. The van der Waals surface area contributed by atoms with Crippen LogP contribution in [-0.4, -0.2) is 21.0 Å².